The Morgan fingerprint density at radius 2 is 2.35 bits per heavy atom. The lowest BCUT2D eigenvalue weighted by Gasteiger charge is -1.99. The molecule has 1 aromatic heterocycles. The molecule has 1 aromatic carbocycles. The van der Waals surface area contributed by atoms with Crippen LogP contribution in [0.1, 0.15) is 10.6 Å². The van der Waals surface area contributed by atoms with Gasteiger partial charge in [0.15, 0.2) is 0 Å². The molecule has 7 nitrogen and oxygen atoms in total. The van der Waals surface area contributed by atoms with E-state index in [2.05, 4.69) is 36.7 Å². The van der Waals surface area contributed by atoms with Crippen LogP contribution in [-0.4, -0.2) is 27.4 Å². The van der Waals surface area contributed by atoms with Crippen molar-refractivity contribution in [2.24, 2.45) is 5.10 Å². The lowest BCUT2D eigenvalue weighted by Crippen LogP contribution is -2.19. The van der Waals surface area contributed by atoms with Crippen molar-refractivity contribution in [2.75, 3.05) is 5.73 Å². The summed E-state index contributed by atoms with van der Waals surface area (Å²) in [6, 6.07) is 4.90. The number of hydrazone groups is 1. The number of benzene rings is 1. The second-order valence-electron chi connectivity index (χ2n) is 3.71. The zero-order valence-corrected chi connectivity index (χ0v) is 12.5. The topological polar surface area (TPSA) is 113 Å². The number of hydrogen-bond acceptors (Lipinski definition) is 7. The van der Waals surface area contributed by atoms with Gasteiger partial charge in [0.05, 0.1) is 12.6 Å². The highest BCUT2D eigenvalue weighted by molar-refractivity contribution is 9.10. The van der Waals surface area contributed by atoms with Crippen LogP contribution in [0.5, 0.6) is 5.75 Å². The van der Waals surface area contributed by atoms with E-state index in [0.29, 0.717) is 15.7 Å². The molecule has 0 aliphatic rings. The number of rotatable bonds is 4. The van der Waals surface area contributed by atoms with Crippen molar-refractivity contribution >= 4 is 44.5 Å². The predicted molar refractivity (Wildman–Crippen MR) is 79.6 cm³/mol. The highest BCUT2D eigenvalue weighted by Gasteiger charge is 2.07. The zero-order valence-electron chi connectivity index (χ0n) is 10.1. The van der Waals surface area contributed by atoms with Crippen LogP contribution in [-0.2, 0) is 11.2 Å². The van der Waals surface area contributed by atoms with E-state index in [4.69, 9.17) is 5.73 Å². The second kappa shape index (κ2) is 6.44. The predicted octanol–water partition coefficient (Wildman–Crippen LogP) is 1.28. The third kappa shape index (κ3) is 4.00. The third-order valence-electron chi connectivity index (χ3n) is 2.18. The van der Waals surface area contributed by atoms with Gasteiger partial charge in [-0.15, -0.1) is 10.2 Å². The molecule has 2 rings (SSSR count). The van der Waals surface area contributed by atoms with Crippen LogP contribution in [0.15, 0.2) is 27.8 Å². The number of phenolic OH excluding ortho intramolecular Hbond substituents is 1. The third-order valence-corrected chi connectivity index (χ3v) is 3.42. The number of hydrogen-bond donors (Lipinski definition) is 3. The first-order valence-electron chi connectivity index (χ1n) is 5.43. The molecule has 4 N–H and O–H groups in total. The fraction of sp³-hybridized carbons (Fsp3) is 0.0909. The molecule has 0 bridgehead atoms. The lowest BCUT2D eigenvalue weighted by atomic mass is 10.2. The summed E-state index contributed by atoms with van der Waals surface area (Å²) in [4.78, 5) is 11.6. The summed E-state index contributed by atoms with van der Waals surface area (Å²) in [6.07, 6.45) is 1.41. The smallest absolute Gasteiger partial charge is 0.247 e. The van der Waals surface area contributed by atoms with Gasteiger partial charge < -0.3 is 10.8 Å². The number of carbonyl (C=O) groups excluding carboxylic acids is 1. The molecule has 9 heteroatoms. The molecule has 0 saturated heterocycles. The van der Waals surface area contributed by atoms with Crippen molar-refractivity contribution in [3.8, 4) is 5.75 Å². The number of carbonyl (C=O) groups is 1. The van der Waals surface area contributed by atoms with Crippen LogP contribution in [0.3, 0.4) is 0 Å². The number of anilines is 1. The number of nitrogens with zero attached hydrogens (tertiary/aromatic N) is 3. The Labute approximate surface area is 126 Å². The molecule has 0 spiro atoms. The van der Waals surface area contributed by atoms with E-state index >= 15 is 0 Å². The Hall–Kier alpha value is -2.00. The molecule has 20 heavy (non-hydrogen) atoms. The summed E-state index contributed by atoms with van der Waals surface area (Å²) >= 11 is 4.42. The normalized spacial score (nSPS) is 10.8. The average Bonchev–Trinajstić information content (AvgIpc) is 2.79. The van der Waals surface area contributed by atoms with E-state index < -0.39 is 0 Å². The maximum absolute atomic E-state index is 11.6. The SMILES string of the molecule is Nc1nnc(CC(=O)N/N=C\c2cc(Br)ccc2O)s1. The Kier molecular flexibility index (Phi) is 4.64. The number of amides is 1. The largest absolute Gasteiger partial charge is 0.507 e. The van der Waals surface area contributed by atoms with Crippen LogP contribution >= 0.6 is 27.3 Å². The Morgan fingerprint density at radius 3 is 3.05 bits per heavy atom. The molecule has 2 aromatic rings. The highest BCUT2D eigenvalue weighted by atomic mass is 79.9. The number of nitrogen functional groups attached to an aromatic ring is 1. The summed E-state index contributed by atoms with van der Waals surface area (Å²) < 4.78 is 0.799. The molecule has 0 radical (unpaired) electrons. The van der Waals surface area contributed by atoms with Crippen LogP contribution in [0, 0.1) is 0 Å². The Bertz CT molecular complexity index is 658. The molecule has 0 atom stereocenters. The van der Waals surface area contributed by atoms with Crippen LogP contribution in [0.25, 0.3) is 0 Å². The molecule has 1 heterocycles. The fourth-order valence-corrected chi connectivity index (χ4v) is 2.30. The highest BCUT2D eigenvalue weighted by Crippen LogP contribution is 2.19. The number of phenols is 1. The summed E-state index contributed by atoms with van der Waals surface area (Å²) in [5.41, 5.74) is 8.24. The molecule has 104 valence electrons. The number of aromatic nitrogens is 2. The standard InChI is InChI=1S/C11H10BrN5O2S/c12-7-1-2-8(18)6(3-7)5-14-15-9(19)4-10-16-17-11(13)20-10/h1-3,5,18H,4H2,(H2,13,17)(H,15,19)/b14-5-. The van der Waals surface area contributed by atoms with Gasteiger partial charge in [0.2, 0.25) is 11.0 Å². The first kappa shape index (κ1) is 14.4. The van der Waals surface area contributed by atoms with Crippen molar-refractivity contribution in [1.29, 1.82) is 0 Å². The molecule has 1 amide bonds. The van der Waals surface area contributed by atoms with Crippen molar-refractivity contribution in [1.82, 2.24) is 15.6 Å². The van der Waals surface area contributed by atoms with E-state index in [0.717, 1.165) is 15.8 Å². The van der Waals surface area contributed by atoms with Crippen molar-refractivity contribution < 1.29 is 9.90 Å². The minimum Gasteiger partial charge on any atom is -0.507 e. The van der Waals surface area contributed by atoms with E-state index in [1.54, 1.807) is 12.1 Å². The van der Waals surface area contributed by atoms with Gasteiger partial charge in [-0.3, -0.25) is 4.79 Å². The van der Waals surface area contributed by atoms with Crippen LogP contribution in [0.4, 0.5) is 5.13 Å². The van der Waals surface area contributed by atoms with Crippen molar-refractivity contribution in [3.63, 3.8) is 0 Å². The molecule has 0 saturated carbocycles. The van der Waals surface area contributed by atoms with Gasteiger partial charge in [0, 0.05) is 10.0 Å². The summed E-state index contributed by atoms with van der Waals surface area (Å²) in [5.74, 6) is -0.269. The van der Waals surface area contributed by atoms with Crippen LogP contribution < -0.4 is 11.2 Å². The first-order valence-corrected chi connectivity index (χ1v) is 7.04. The van der Waals surface area contributed by atoms with E-state index in [9.17, 15) is 9.90 Å². The van der Waals surface area contributed by atoms with Gasteiger partial charge >= 0.3 is 0 Å². The zero-order chi connectivity index (χ0) is 14.5. The quantitative estimate of drug-likeness (QED) is 0.564. The van der Waals surface area contributed by atoms with Gasteiger partial charge in [-0.25, -0.2) is 5.43 Å². The average molecular weight is 356 g/mol. The Morgan fingerprint density at radius 1 is 1.55 bits per heavy atom. The molecule has 0 fully saturated rings. The van der Waals surface area contributed by atoms with Gasteiger partial charge in [0.1, 0.15) is 10.8 Å². The number of aromatic hydroxyl groups is 1. The number of halogens is 1. The molecular weight excluding hydrogens is 346 g/mol. The van der Waals surface area contributed by atoms with E-state index in [-0.39, 0.29) is 18.1 Å². The van der Waals surface area contributed by atoms with Gasteiger partial charge in [0.25, 0.3) is 0 Å². The molecule has 0 unspecified atom stereocenters. The number of nitrogens with two attached hydrogens (primary N) is 1. The monoisotopic (exact) mass is 355 g/mol. The van der Waals surface area contributed by atoms with Crippen molar-refractivity contribution in [2.45, 2.75) is 6.42 Å². The first-order chi connectivity index (χ1) is 9.54. The summed E-state index contributed by atoms with van der Waals surface area (Å²) in [5, 5.41) is 21.5. The summed E-state index contributed by atoms with van der Waals surface area (Å²) in [7, 11) is 0. The minimum absolute atomic E-state index is 0.0523. The molecule has 0 aliphatic heterocycles. The minimum atomic E-state index is -0.341. The van der Waals surface area contributed by atoms with E-state index in [1.807, 2.05) is 0 Å². The number of nitrogens with one attached hydrogen (secondary N) is 1. The van der Waals surface area contributed by atoms with Crippen molar-refractivity contribution in [3.05, 3.63) is 33.2 Å². The molecular formula is C11H10BrN5O2S. The molecule has 0 aliphatic carbocycles. The van der Waals surface area contributed by atoms with Gasteiger partial charge in [-0.2, -0.15) is 5.10 Å². The Balaban J connectivity index is 1.92. The lowest BCUT2D eigenvalue weighted by molar-refractivity contribution is -0.120. The van der Waals surface area contributed by atoms with E-state index in [1.165, 1.54) is 12.3 Å². The maximum Gasteiger partial charge on any atom is 0.247 e. The van der Waals surface area contributed by atoms with Gasteiger partial charge in [-0.05, 0) is 18.2 Å². The maximum atomic E-state index is 11.6. The second-order valence-corrected chi connectivity index (χ2v) is 5.72. The summed E-state index contributed by atoms with van der Waals surface area (Å²) in [6.45, 7) is 0. The fourth-order valence-electron chi connectivity index (χ4n) is 1.32. The van der Waals surface area contributed by atoms with Gasteiger partial charge in [-0.1, -0.05) is 27.3 Å². The van der Waals surface area contributed by atoms with Crippen LogP contribution in [0.2, 0.25) is 0 Å².